The molecule has 11 nitrogen and oxygen atoms in total. The van der Waals surface area contributed by atoms with E-state index in [0.29, 0.717) is 0 Å². The number of aromatic amines is 1. The topological polar surface area (TPSA) is 149 Å². The van der Waals surface area contributed by atoms with Crippen molar-refractivity contribution < 1.29 is 33.3 Å². The number of nitrogens with zero attached hydrogens (tertiary/aromatic N) is 1. The highest BCUT2D eigenvalue weighted by molar-refractivity contribution is 7.32. The Hall–Kier alpha value is -1.33. The maximum Gasteiger partial charge on any atom is 0.330 e. The number of ether oxygens (including phenoxy) is 3. The van der Waals surface area contributed by atoms with E-state index in [2.05, 4.69) is 4.98 Å². The summed E-state index contributed by atoms with van der Waals surface area (Å²) in [5.74, 6) is 0. The molecule has 1 aromatic heterocycles. The number of methoxy groups -OCH3 is 1. The van der Waals surface area contributed by atoms with Crippen molar-refractivity contribution in [3.63, 3.8) is 0 Å². The number of hydrogen-bond acceptors (Lipinski definition) is 8. The number of aromatic nitrogens is 2. The van der Waals surface area contributed by atoms with Gasteiger partial charge in [0.15, 0.2) is 6.23 Å². The Balaban J connectivity index is 2.46. The first kappa shape index (κ1) is 22.0. The average Bonchev–Trinajstić information content (AvgIpc) is 2.94. The summed E-state index contributed by atoms with van der Waals surface area (Å²) < 4.78 is 34.3. The van der Waals surface area contributed by atoms with Gasteiger partial charge in [0.2, 0.25) is 0 Å². The van der Waals surface area contributed by atoms with Crippen LogP contribution in [0.3, 0.4) is 0 Å². The third-order valence-corrected chi connectivity index (χ3v) is 5.00. The van der Waals surface area contributed by atoms with Gasteiger partial charge in [0.05, 0.1) is 18.8 Å². The van der Waals surface area contributed by atoms with E-state index >= 15 is 0 Å². The van der Waals surface area contributed by atoms with Gasteiger partial charge in [-0.2, -0.15) is 0 Å². The Bertz CT molecular complexity index is 779. The number of rotatable bonds is 8. The molecule has 154 valence electrons. The molecule has 2 heterocycles. The number of H-pyrrole nitrogens is 1. The van der Waals surface area contributed by atoms with Crippen LogP contribution in [-0.2, 0) is 23.3 Å². The van der Waals surface area contributed by atoms with Gasteiger partial charge >= 0.3 is 13.9 Å². The Labute approximate surface area is 155 Å². The van der Waals surface area contributed by atoms with Crippen LogP contribution in [0.2, 0.25) is 0 Å². The second kappa shape index (κ2) is 9.24. The highest BCUT2D eigenvalue weighted by atomic mass is 31.1. The molecule has 2 unspecified atom stereocenters. The van der Waals surface area contributed by atoms with Crippen LogP contribution in [0.25, 0.3) is 0 Å². The van der Waals surface area contributed by atoms with Gasteiger partial charge in [0.1, 0.15) is 18.3 Å². The summed E-state index contributed by atoms with van der Waals surface area (Å²) in [7, 11) is -1.88. The summed E-state index contributed by atoms with van der Waals surface area (Å²) in [6, 6.07) is 0. The minimum atomic E-state index is -3.38. The fraction of sp³-hybridized carbons (Fsp3) is 0.733. The quantitative estimate of drug-likeness (QED) is 0.475. The first-order valence-corrected chi connectivity index (χ1v) is 9.62. The zero-order chi connectivity index (χ0) is 20.3. The zero-order valence-corrected chi connectivity index (χ0v) is 16.4. The summed E-state index contributed by atoms with van der Waals surface area (Å²) in [6.07, 6.45) is -3.75. The van der Waals surface area contributed by atoms with Gasteiger partial charge in [0.25, 0.3) is 5.56 Å². The van der Waals surface area contributed by atoms with Crippen molar-refractivity contribution in [3.05, 3.63) is 32.6 Å². The maximum atomic E-state index is 12.3. The van der Waals surface area contributed by atoms with Crippen LogP contribution in [0.1, 0.15) is 25.6 Å². The largest absolute Gasteiger partial charge is 0.394 e. The first-order chi connectivity index (χ1) is 12.7. The number of aryl methyl sites for hydroxylation is 1. The van der Waals surface area contributed by atoms with Crippen LogP contribution in [0.4, 0.5) is 0 Å². The Morgan fingerprint density at radius 2 is 2.00 bits per heavy atom. The van der Waals surface area contributed by atoms with Crippen LogP contribution in [0.5, 0.6) is 0 Å². The van der Waals surface area contributed by atoms with Crippen LogP contribution < -0.4 is 11.2 Å². The van der Waals surface area contributed by atoms with Crippen LogP contribution in [0, 0.1) is 6.92 Å². The van der Waals surface area contributed by atoms with E-state index in [1.54, 1.807) is 13.8 Å². The molecule has 1 aliphatic heterocycles. The van der Waals surface area contributed by atoms with E-state index in [-0.39, 0.29) is 11.7 Å². The molecule has 2 rings (SSSR count). The Kier molecular flexibility index (Phi) is 7.52. The molecule has 27 heavy (non-hydrogen) atoms. The fourth-order valence-corrected chi connectivity index (χ4v) is 3.33. The second-order valence-corrected chi connectivity index (χ2v) is 7.09. The average molecular weight is 408 g/mol. The molecule has 1 saturated heterocycles. The van der Waals surface area contributed by atoms with E-state index < -0.39 is 56.8 Å². The smallest absolute Gasteiger partial charge is 0.330 e. The van der Waals surface area contributed by atoms with E-state index in [1.165, 1.54) is 20.2 Å². The van der Waals surface area contributed by atoms with E-state index in [1.807, 2.05) is 0 Å². The minimum Gasteiger partial charge on any atom is -0.394 e. The lowest BCUT2D eigenvalue weighted by atomic mass is 10.1. The van der Waals surface area contributed by atoms with Crippen LogP contribution in [-0.4, -0.2) is 63.8 Å². The summed E-state index contributed by atoms with van der Waals surface area (Å²) >= 11 is 0. The summed E-state index contributed by atoms with van der Waals surface area (Å²) in [5, 5.41) is 9.59. The molecule has 0 saturated carbocycles. The number of aliphatic hydroxyl groups excluding tert-OH is 1. The predicted molar refractivity (Wildman–Crippen MR) is 94.0 cm³/mol. The normalized spacial score (nSPS) is 28.8. The molecular weight excluding hydrogens is 383 g/mol. The van der Waals surface area contributed by atoms with Crippen molar-refractivity contribution in [2.75, 3.05) is 13.7 Å². The second-order valence-electron chi connectivity index (χ2n) is 6.32. The van der Waals surface area contributed by atoms with Crippen molar-refractivity contribution in [1.82, 2.24) is 9.55 Å². The highest BCUT2D eigenvalue weighted by Crippen LogP contribution is 2.37. The molecule has 7 atom stereocenters. The molecule has 0 aliphatic carbocycles. The van der Waals surface area contributed by atoms with E-state index in [9.17, 15) is 24.2 Å². The lowest BCUT2D eigenvalue weighted by Gasteiger charge is -2.29. The molecule has 0 spiro atoms. The number of hydrogen-bond donors (Lipinski definition) is 3. The summed E-state index contributed by atoms with van der Waals surface area (Å²) in [5.41, 5.74) is -1.03. The van der Waals surface area contributed by atoms with Crippen LogP contribution >= 0.6 is 8.25 Å². The molecule has 3 N–H and O–H groups in total. The molecule has 0 bridgehead atoms. The van der Waals surface area contributed by atoms with Gasteiger partial charge in [-0.15, -0.1) is 0 Å². The van der Waals surface area contributed by atoms with Crippen molar-refractivity contribution in [3.8, 4) is 0 Å². The standard InChI is InChI=1S/C15H25N2O9P/c1-7-5-17(15(20)16-13(7)19)14-12(24-9(3)8(2)23-4)11(26-27(21)22)10(6-18)25-14/h5,8-12,14,18,27H,6H2,1-4H3,(H,21,22)(H,16,19,20)/t8-,9-,10-,11+,12?,14-/m1/s1. The first-order valence-electron chi connectivity index (χ1n) is 8.35. The molecule has 0 aromatic carbocycles. The molecule has 0 amide bonds. The van der Waals surface area contributed by atoms with Gasteiger partial charge in [-0.1, -0.05) is 0 Å². The van der Waals surface area contributed by atoms with Crippen LogP contribution in [0.15, 0.2) is 15.8 Å². The molecule has 1 aliphatic rings. The van der Waals surface area contributed by atoms with E-state index in [0.717, 1.165) is 4.57 Å². The predicted octanol–water partition coefficient (Wildman–Crippen LogP) is -0.689. The third-order valence-electron chi connectivity index (χ3n) is 4.53. The van der Waals surface area contributed by atoms with Crippen molar-refractivity contribution in [2.45, 2.75) is 57.5 Å². The molecule has 1 aromatic rings. The minimum absolute atomic E-state index is 0.260. The van der Waals surface area contributed by atoms with Gasteiger partial charge in [0, 0.05) is 18.9 Å². The van der Waals surface area contributed by atoms with Crippen molar-refractivity contribution >= 4 is 8.25 Å². The van der Waals surface area contributed by atoms with Gasteiger partial charge in [-0.3, -0.25) is 18.9 Å². The van der Waals surface area contributed by atoms with E-state index in [4.69, 9.17) is 18.7 Å². The highest BCUT2D eigenvalue weighted by Gasteiger charge is 2.49. The SMILES string of the molecule is CO[C@H](C)[C@@H](C)OC1[C@@H](O[PH](=O)O)[C@@H](CO)O[C@H]1n1cc(C)c(=O)[nH]c1=O. The monoisotopic (exact) mass is 408 g/mol. The number of nitrogens with one attached hydrogen (secondary N) is 1. The number of aliphatic hydroxyl groups is 1. The summed E-state index contributed by atoms with van der Waals surface area (Å²) in [6.45, 7) is 4.47. The lowest BCUT2D eigenvalue weighted by Crippen LogP contribution is -2.43. The molecule has 1 fully saturated rings. The third kappa shape index (κ3) is 4.94. The summed E-state index contributed by atoms with van der Waals surface area (Å²) in [4.78, 5) is 35.3. The maximum absolute atomic E-state index is 12.3. The molecule has 0 radical (unpaired) electrons. The lowest BCUT2D eigenvalue weighted by molar-refractivity contribution is -0.127. The molecule has 12 heteroatoms. The van der Waals surface area contributed by atoms with Gasteiger partial charge in [-0.25, -0.2) is 4.79 Å². The van der Waals surface area contributed by atoms with Gasteiger partial charge < -0.3 is 28.7 Å². The Morgan fingerprint density at radius 1 is 1.33 bits per heavy atom. The zero-order valence-electron chi connectivity index (χ0n) is 15.4. The Morgan fingerprint density at radius 3 is 2.56 bits per heavy atom. The molecular formula is C15H25N2O9P. The fourth-order valence-electron chi connectivity index (χ4n) is 2.81. The van der Waals surface area contributed by atoms with Crippen molar-refractivity contribution in [2.24, 2.45) is 0 Å². The van der Waals surface area contributed by atoms with Crippen molar-refractivity contribution in [1.29, 1.82) is 0 Å². The van der Waals surface area contributed by atoms with Gasteiger partial charge in [-0.05, 0) is 20.8 Å².